The summed E-state index contributed by atoms with van der Waals surface area (Å²) in [5, 5.41) is 3.42. The smallest absolute Gasteiger partial charge is 0.264 e. The van der Waals surface area contributed by atoms with E-state index in [1.807, 2.05) is 24.3 Å². The maximum absolute atomic E-state index is 14.1. The lowest BCUT2D eigenvalue weighted by Gasteiger charge is -2.33. The molecule has 1 aliphatic rings. The summed E-state index contributed by atoms with van der Waals surface area (Å²) >= 11 is 9.70. The largest absolute Gasteiger partial charge is 0.352 e. The summed E-state index contributed by atoms with van der Waals surface area (Å²) in [7, 11) is -4.14. The second-order valence-electron chi connectivity index (χ2n) is 10.1. The SMILES string of the molecule is Cc1ccc(Cl)cc1N(CC(=O)N(Cc1ccc(Br)cc1)[C@H](C)C(=O)NC1CCCC1)S(=O)(=O)c1ccccc1. The van der Waals surface area contributed by atoms with Gasteiger partial charge in [0, 0.05) is 22.1 Å². The van der Waals surface area contributed by atoms with Gasteiger partial charge in [-0.1, -0.05) is 76.8 Å². The molecule has 1 aliphatic carbocycles. The van der Waals surface area contributed by atoms with E-state index in [0.717, 1.165) is 40.0 Å². The molecular formula is C30H33BrClN3O4S. The van der Waals surface area contributed by atoms with Crippen LogP contribution in [-0.2, 0) is 26.2 Å². The second-order valence-corrected chi connectivity index (χ2v) is 13.3. The molecule has 0 heterocycles. The van der Waals surface area contributed by atoms with E-state index in [2.05, 4.69) is 21.2 Å². The van der Waals surface area contributed by atoms with Gasteiger partial charge in [-0.25, -0.2) is 8.42 Å². The molecule has 1 saturated carbocycles. The lowest BCUT2D eigenvalue weighted by molar-refractivity contribution is -0.139. The van der Waals surface area contributed by atoms with Crippen LogP contribution >= 0.6 is 27.5 Å². The van der Waals surface area contributed by atoms with Crippen LogP contribution < -0.4 is 9.62 Å². The highest BCUT2D eigenvalue weighted by atomic mass is 79.9. The molecule has 1 atom stereocenters. The quantitative estimate of drug-likeness (QED) is 0.289. The lowest BCUT2D eigenvalue weighted by atomic mass is 10.1. The molecule has 0 unspecified atom stereocenters. The molecule has 10 heteroatoms. The summed E-state index contributed by atoms with van der Waals surface area (Å²) in [6, 6.07) is 19.6. The third kappa shape index (κ3) is 7.25. The van der Waals surface area contributed by atoms with Crippen LogP contribution in [0.15, 0.2) is 82.2 Å². The van der Waals surface area contributed by atoms with E-state index in [1.54, 1.807) is 50.2 Å². The Kier molecular flexibility index (Phi) is 9.92. The van der Waals surface area contributed by atoms with Crippen molar-refractivity contribution in [3.8, 4) is 0 Å². The summed E-state index contributed by atoms with van der Waals surface area (Å²) in [5.74, 6) is -0.760. The first kappa shape index (κ1) is 30.1. The molecule has 1 fully saturated rings. The Bertz CT molecular complexity index is 1450. The highest BCUT2D eigenvalue weighted by Gasteiger charge is 2.34. The van der Waals surface area contributed by atoms with E-state index in [9.17, 15) is 18.0 Å². The molecule has 0 bridgehead atoms. The second kappa shape index (κ2) is 13.2. The van der Waals surface area contributed by atoms with Gasteiger partial charge >= 0.3 is 0 Å². The number of rotatable bonds is 10. The first-order valence-corrected chi connectivity index (χ1v) is 15.9. The van der Waals surface area contributed by atoms with Crippen molar-refractivity contribution in [3.63, 3.8) is 0 Å². The molecule has 2 amide bonds. The molecule has 0 spiro atoms. The summed E-state index contributed by atoms with van der Waals surface area (Å²) < 4.78 is 29.8. The molecule has 40 heavy (non-hydrogen) atoms. The standard InChI is InChI=1S/C30H33BrClN3O4S/c1-21-12-17-25(32)18-28(21)35(40(38,39)27-10-4-3-5-11-27)20-29(36)34(19-23-13-15-24(31)16-14-23)22(2)30(37)33-26-8-6-7-9-26/h3-5,10-18,22,26H,6-9,19-20H2,1-2H3,(H,33,37)/t22-/m1/s1. The van der Waals surface area contributed by atoms with Crippen LogP contribution in [0, 0.1) is 6.92 Å². The van der Waals surface area contributed by atoms with Crippen LogP contribution in [0.3, 0.4) is 0 Å². The fraction of sp³-hybridized carbons (Fsp3) is 0.333. The van der Waals surface area contributed by atoms with Crippen LogP contribution in [-0.4, -0.2) is 43.8 Å². The molecule has 3 aromatic carbocycles. The zero-order chi connectivity index (χ0) is 28.9. The molecule has 212 valence electrons. The number of nitrogens with zero attached hydrogens (tertiary/aromatic N) is 2. The minimum atomic E-state index is -4.14. The predicted molar refractivity (Wildman–Crippen MR) is 162 cm³/mol. The van der Waals surface area contributed by atoms with Gasteiger partial charge in [0.15, 0.2) is 0 Å². The number of sulfonamides is 1. The van der Waals surface area contributed by atoms with E-state index in [-0.39, 0.29) is 23.4 Å². The van der Waals surface area contributed by atoms with Crippen molar-refractivity contribution in [2.45, 2.75) is 63.1 Å². The number of hydrogen-bond donors (Lipinski definition) is 1. The fourth-order valence-corrected chi connectivity index (χ4v) is 6.77. The molecule has 0 aliphatic heterocycles. The molecule has 1 N–H and O–H groups in total. The van der Waals surface area contributed by atoms with E-state index >= 15 is 0 Å². The van der Waals surface area contributed by atoms with Crippen LogP contribution in [0.5, 0.6) is 0 Å². The summed E-state index contributed by atoms with van der Waals surface area (Å²) in [5.41, 5.74) is 1.76. The van der Waals surface area contributed by atoms with Crippen LogP contribution in [0.25, 0.3) is 0 Å². The normalized spacial score (nSPS) is 14.5. The van der Waals surface area contributed by atoms with Crippen molar-refractivity contribution in [1.82, 2.24) is 10.2 Å². The van der Waals surface area contributed by atoms with Gasteiger partial charge in [-0.3, -0.25) is 13.9 Å². The Hall–Kier alpha value is -2.88. The van der Waals surface area contributed by atoms with E-state index in [0.29, 0.717) is 16.3 Å². The number of hydrogen-bond acceptors (Lipinski definition) is 4. The zero-order valence-corrected chi connectivity index (χ0v) is 25.7. The van der Waals surface area contributed by atoms with Gasteiger partial charge in [0.05, 0.1) is 10.6 Å². The number of benzene rings is 3. The average molecular weight is 647 g/mol. The molecule has 4 rings (SSSR count). The molecular weight excluding hydrogens is 614 g/mol. The third-order valence-corrected chi connectivity index (χ3v) is 9.72. The van der Waals surface area contributed by atoms with E-state index in [1.165, 1.54) is 17.0 Å². The van der Waals surface area contributed by atoms with Crippen molar-refractivity contribution < 1.29 is 18.0 Å². The number of carbonyl (C=O) groups excluding carboxylic acids is 2. The number of carbonyl (C=O) groups is 2. The third-order valence-electron chi connectivity index (χ3n) is 7.18. The Morgan fingerprint density at radius 2 is 1.68 bits per heavy atom. The monoisotopic (exact) mass is 645 g/mol. The highest BCUT2D eigenvalue weighted by molar-refractivity contribution is 9.10. The maximum Gasteiger partial charge on any atom is 0.264 e. The fourth-order valence-electron chi connectivity index (χ4n) is 4.85. The van der Waals surface area contributed by atoms with Gasteiger partial charge in [0.1, 0.15) is 12.6 Å². The maximum atomic E-state index is 14.1. The van der Waals surface area contributed by atoms with Crippen LogP contribution in [0.1, 0.15) is 43.7 Å². The van der Waals surface area contributed by atoms with Gasteiger partial charge in [-0.15, -0.1) is 0 Å². The summed E-state index contributed by atoms with van der Waals surface area (Å²) in [6.07, 6.45) is 3.95. The van der Waals surface area contributed by atoms with Crippen LogP contribution in [0.4, 0.5) is 5.69 Å². The Morgan fingerprint density at radius 3 is 2.33 bits per heavy atom. The van der Waals surface area contributed by atoms with Crippen molar-refractivity contribution in [2.75, 3.05) is 10.8 Å². The Balaban J connectivity index is 1.70. The van der Waals surface area contributed by atoms with Gasteiger partial charge in [-0.2, -0.15) is 0 Å². The minimum absolute atomic E-state index is 0.0497. The van der Waals surface area contributed by atoms with Gasteiger partial charge in [0.2, 0.25) is 11.8 Å². The molecule has 3 aromatic rings. The van der Waals surface area contributed by atoms with Gasteiger partial charge in [-0.05, 0) is 74.2 Å². The number of halogens is 2. The Labute approximate surface area is 249 Å². The highest BCUT2D eigenvalue weighted by Crippen LogP contribution is 2.30. The average Bonchev–Trinajstić information content (AvgIpc) is 3.45. The number of aryl methyl sites for hydroxylation is 1. The molecule has 0 radical (unpaired) electrons. The number of nitrogens with one attached hydrogen (secondary N) is 1. The number of amides is 2. The summed E-state index contributed by atoms with van der Waals surface area (Å²) in [6.45, 7) is 3.08. The van der Waals surface area contributed by atoms with Crippen molar-refractivity contribution in [2.24, 2.45) is 0 Å². The zero-order valence-electron chi connectivity index (χ0n) is 22.5. The van der Waals surface area contributed by atoms with Crippen molar-refractivity contribution in [3.05, 3.63) is 93.4 Å². The predicted octanol–water partition coefficient (Wildman–Crippen LogP) is 6.08. The first-order chi connectivity index (χ1) is 19.1. The lowest BCUT2D eigenvalue weighted by Crippen LogP contribution is -2.52. The molecule has 0 aromatic heterocycles. The topological polar surface area (TPSA) is 86.8 Å². The van der Waals surface area contributed by atoms with Crippen LogP contribution in [0.2, 0.25) is 5.02 Å². The Morgan fingerprint density at radius 1 is 1.02 bits per heavy atom. The van der Waals surface area contributed by atoms with Gasteiger partial charge < -0.3 is 10.2 Å². The van der Waals surface area contributed by atoms with E-state index in [4.69, 9.17) is 11.6 Å². The number of anilines is 1. The van der Waals surface area contributed by atoms with E-state index < -0.39 is 28.5 Å². The van der Waals surface area contributed by atoms with Crippen molar-refractivity contribution in [1.29, 1.82) is 0 Å². The van der Waals surface area contributed by atoms with Gasteiger partial charge in [0.25, 0.3) is 10.0 Å². The minimum Gasteiger partial charge on any atom is -0.352 e. The molecule has 0 saturated heterocycles. The first-order valence-electron chi connectivity index (χ1n) is 13.2. The molecule has 7 nitrogen and oxygen atoms in total. The summed E-state index contributed by atoms with van der Waals surface area (Å²) in [4.78, 5) is 28.8. The van der Waals surface area contributed by atoms with Crippen molar-refractivity contribution >= 4 is 55.1 Å².